The highest BCUT2D eigenvalue weighted by atomic mass is 79.9. The van der Waals surface area contributed by atoms with E-state index < -0.39 is 15.8 Å². The molecule has 1 fully saturated rings. The van der Waals surface area contributed by atoms with Crippen LogP contribution in [0.2, 0.25) is 0 Å². The van der Waals surface area contributed by atoms with Crippen LogP contribution in [0.1, 0.15) is 18.4 Å². The molecular formula is C12H17BrClFN2O2S. The molecular weight excluding hydrogens is 371 g/mol. The molecule has 1 atom stereocenters. The number of halogens is 3. The zero-order chi connectivity index (χ0) is 14.2. The van der Waals surface area contributed by atoms with E-state index in [2.05, 4.69) is 15.9 Å². The molecule has 2 N–H and O–H groups in total. The van der Waals surface area contributed by atoms with Crippen LogP contribution in [0.25, 0.3) is 0 Å². The van der Waals surface area contributed by atoms with E-state index in [4.69, 9.17) is 5.73 Å². The zero-order valence-corrected chi connectivity index (χ0v) is 14.2. The van der Waals surface area contributed by atoms with Crippen molar-refractivity contribution in [2.24, 2.45) is 5.73 Å². The summed E-state index contributed by atoms with van der Waals surface area (Å²) in [4.78, 5) is 0.134. The summed E-state index contributed by atoms with van der Waals surface area (Å²) < 4.78 is 40.0. The van der Waals surface area contributed by atoms with Gasteiger partial charge in [-0.15, -0.1) is 12.4 Å². The van der Waals surface area contributed by atoms with Crippen LogP contribution in [0.3, 0.4) is 0 Å². The van der Waals surface area contributed by atoms with E-state index in [1.807, 2.05) is 0 Å². The predicted molar refractivity (Wildman–Crippen MR) is 82.1 cm³/mol. The third-order valence-corrected chi connectivity index (χ3v) is 5.87. The number of aryl methyl sites for hydroxylation is 1. The van der Waals surface area contributed by atoms with Gasteiger partial charge in [0.15, 0.2) is 0 Å². The minimum Gasteiger partial charge on any atom is -0.327 e. The predicted octanol–water partition coefficient (Wildman–Crippen LogP) is 2.43. The lowest BCUT2D eigenvalue weighted by Gasteiger charge is -2.30. The lowest BCUT2D eigenvalue weighted by atomic mass is 10.1. The van der Waals surface area contributed by atoms with Crippen molar-refractivity contribution in [3.63, 3.8) is 0 Å². The van der Waals surface area contributed by atoms with Gasteiger partial charge in [0.2, 0.25) is 10.0 Å². The Balaban J connectivity index is 0.00000200. The molecule has 8 heteroatoms. The molecule has 1 unspecified atom stereocenters. The fourth-order valence-corrected chi connectivity index (χ4v) is 4.50. The van der Waals surface area contributed by atoms with E-state index in [0.29, 0.717) is 18.7 Å². The van der Waals surface area contributed by atoms with E-state index in [1.54, 1.807) is 6.92 Å². The molecule has 0 bridgehead atoms. The van der Waals surface area contributed by atoms with Gasteiger partial charge in [0.05, 0.1) is 9.37 Å². The van der Waals surface area contributed by atoms with Crippen LogP contribution in [-0.2, 0) is 10.0 Å². The number of hydrogen-bond donors (Lipinski definition) is 1. The van der Waals surface area contributed by atoms with Crippen molar-refractivity contribution in [2.45, 2.75) is 30.7 Å². The summed E-state index contributed by atoms with van der Waals surface area (Å²) in [6.07, 6.45) is 1.58. The summed E-state index contributed by atoms with van der Waals surface area (Å²) in [5.41, 5.74) is 6.22. The summed E-state index contributed by atoms with van der Waals surface area (Å²) in [6.45, 7) is 2.37. The van der Waals surface area contributed by atoms with Gasteiger partial charge < -0.3 is 5.73 Å². The molecule has 0 aromatic heterocycles. The van der Waals surface area contributed by atoms with Crippen LogP contribution in [0.15, 0.2) is 21.5 Å². The maximum absolute atomic E-state index is 13.4. The van der Waals surface area contributed by atoms with E-state index in [-0.39, 0.29) is 27.8 Å². The van der Waals surface area contributed by atoms with Gasteiger partial charge >= 0.3 is 0 Å². The fourth-order valence-electron chi connectivity index (χ4n) is 2.24. The van der Waals surface area contributed by atoms with Crippen molar-refractivity contribution in [1.29, 1.82) is 0 Å². The minimum absolute atomic E-state index is 0. The monoisotopic (exact) mass is 386 g/mol. The number of nitrogens with zero attached hydrogens (tertiary/aromatic N) is 1. The first-order valence-corrected chi connectivity index (χ1v) is 8.27. The van der Waals surface area contributed by atoms with Crippen LogP contribution in [-0.4, -0.2) is 31.9 Å². The Morgan fingerprint density at radius 3 is 2.70 bits per heavy atom. The Hall–Kier alpha value is -0.210. The molecule has 20 heavy (non-hydrogen) atoms. The second-order valence-corrected chi connectivity index (χ2v) is 7.56. The molecule has 0 spiro atoms. The highest BCUT2D eigenvalue weighted by Gasteiger charge is 2.30. The Bertz CT molecular complexity index is 597. The Morgan fingerprint density at radius 2 is 2.10 bits per heavy atom. The minimum atomic E-state index is -3.61. The van der Waals surface area contributed by atoms with Gasteiger partial charge in [-0.1, -0.05) is 0 Å². The molecule has 4 nitrogen and oxygen atoms in total. The Kier molecular flexibility index (Phi) is 5.98. The third-order valence-electron chi connectivity index (χ3n) is 3.26. The van der Waals surface area contributed by atoms with Crippen LogP contribution in [0.5, 0.6) is 0 Å². The topological polar surface area (TPSA) is 63.4 Å². The number of benzene rings is 1. The zero-order valence-electron chi connectivity index (χ0n) is 11.0. The summed E-state index contributed by atoms with van der Waals surface area (Å²) in [5, 5.41) is 0. The fraction of sp³-hybridized carbons (Fsp3) is 0.500. The first-order chi connectivity index (χ1) is 8.82. The normalized spacial score (nSPS) is 20.5. The van der Waals surface area contributed by atoms with Crippen molar-refractivity contribution in [1.82, 2.24) is 4.31 Å². The molecule has 114 valence electrons. The SMILES string of the molecule is Cc1cc(F)c(Br)cc1S(=O)(=O)N1CCCC(N)C1.Cl. The van der Waals surface area contributed by atoms with E-state index in [1.165, 1.54) is 16.4 Å². The van der Waals surface area contributed by atoms with Crippen molar-refractivity contribution in [3.8, 4) is 0 Å². The quantitative estimate of drug-likeness (QED) is 0.848. The number of rotatable bonds is 2. The van der Waals surface area contributed by atoms with Gasteiger partial charge in [-0.3, -0.25) is 0 Å². The van der Waals surface area contributed by atoms with Crippen LogP contribution < -0.4 is 5.73 Å². The standard InChI is InChI=1S/C12H16BrFN2O2S.ClH/c1-8-5-11(14)10(13)6-12(8)19(17,18)16-4-2-3-9(15)7-16;/h5-6,9H,2-4,7,15H2,1H3;1H. The molecule has 0 amide bonds. The Labute approximate surface area is 133 Å². The average molecular weight is 388 g/mol. The average Bonchev–Trinajstić information content (AvgIpc) is 2.33. The smallest absolute Gasteiger partial charge is 0.243 e. The highest BCUT2D eigenvalue weighted by molar-refractivity contribution is 9.10. The number of hydrogen-bond acceptors (Lipinski definition) is 3. The van der Waals surface area contributed by atoms with Gasteiger partial charge in [0.1, 0.15) is 5.82 Å². The first kappa shape index (κ1) is 17.8. The van der Waals surface area contributed by atoms with Gasteiger partial charge in [0.25, 0.3) is 0 Å². The van der Waals surface area contributed by atoms with Gasteiger partial charge in [-0.25, -0.2) is 12.8 Å². The maximum atomic E-state index is 13.4. The van der Waals surface area contributed by atoms with E-state index in [9.17, 15) is 12.8 Å². The van der Waals surface area contributed by atoms with Crippen molar-refractivity contribution in [3.05, 3.63) is 28.0 Å². The number of piperidine rings is 1. The Morgan fingerprint density at radius 1 is 1.45 bits per heavy atom. The van der Waals surface area contributed by atoms with Gasteiger partial charge in [-0.2, -0.15) is 4.31 Å². The molecule has 1 saturated heterocycles. The van der Waals surface area contributed by atoms with Crippen molar-refractivity contribution >= 4 is 38.4 Å². The molecule has 0 saturated carbocycles. The molecule has 0 aliphatic carbocycles. The van der Waals surface area contributed by atoms with Crippen LogP contribution >= 0.6 is 28.3 Å². The molecule has 1 aliphatic heterocycles. The van der Waals surface area contributed by atoms with Crippen LogP contribution in [0, 0.1) is 12.7 Å². The van der Waals surface area contributed by atoms with Gasteiger partial charge in [0, 0.05) is 19.1 Å². The first-order valence-electron chi connectivity index (χ1n) is 6.03. The molecule has 1 aromatic carbocycles. The summed E-state index contributed by atoms with van der Waals surface area (Å²) in [6, 6.07) is 2.41. The second kappa shape index (κ2) is 6.70. The molecule has 1 aliphatic rings. The van der Waals surface area contributed by atoms with Crippen molar-refractivity contribution in [2.75, 3.05) is 13.1 Å². The van der Waals surface area contributed by atoms with Crippen LogP contribution in [0.4, 0.5) is 4.39 Å². The lowest BCUT2D eigenvalue weighted by Crippen LogP contribution is -2.45. The second-order valence-electron chi connectivity index (χ2n) is 4.80. The third kappa shape index (κ3) is 3.51. The summed E-state index contributed by atoms with van der Waals surface area (Å²) in [5.74, 6) is -0.466. The molecule has 2 rings (SSSR count). The largest absolute Gasteiger partial charge is 0.327 e. The van der Waals surface area contributed by atoms with E-state index >= 15 is 0 Å². The summed E-state index contributed by atoms with van der Waals surface area (Å²) in [7, 11) is -3.61. The number of nitrogens with two attached hydrogens (primary N) is 1. The number of sulfonamides is 1. The maximum Gasteiger partial charge on any atom is 0.243 e. The van der Waals surface area contributed by atoms with Crippen molar-refractivity contribution < 1.29 is 12.8 Å². The van der Waals surface area contributed by atoms with E-state index in [0.717, 1.165) is 12.8 Å². The molecule has 1 aromatic rings. The van der Waals surface area contributed by atoms with Gasteiger partial charge in [-0.05, 0) is 53.4 Å². The lowest BCUT2D eigenvalue weighted by molar-refractivity contribution is 0.316. The summed E-state index contributed by atoms with van der Waals surface area (Å²) >= 11 is 3.03. The highest BCUT2D eigenvalue weighted by Crippen LogP contribution is 2.27. The molecule has 1 heterocycles. The molecule has 0 radical (unpaired) electrons.